The van der Waals surface area contributed by atoms with Crippen molar-refractivity contribution >= 4 is 6.08 Å². The first-order valence-corrected chi connectivity index (χ1v) is 6.73. The molecule has 0 spiro atoms. The summed E-state index contributed by atoms with van der Waals surface area (Å²) in [4.78, 5) is 0. The highest BCUT2D eigenvalue weighted by Gasteiger charge is 2.33. The van der Waals surface area contributed by atoms with E-state index in [1.165, 1.54) is 0 Å². The predicted octanol–water partition coefficient (Wildman–Crippen LogP) is 3.26. The van der Waals surface area contributed by atoms with Crippen LogP contribution in [-0.4, -0.2) is 16.3 Å². The van der Waals surface area contributed by atoms with E-state index < -0.39 is 6.10 Å². The van der Waals surface area contributed by atoms with Crippen molar-refractivity contribution in [2.75, 3.05) is 0 Å². The van der Waals surface area contributed by atoms with Gasteiger partial charge in [-0.25, -0.2) is 0 Å². The van der Waals surface area contributed by atoms with Gasteiger partial charge in [0.2, 0.25) is 0 Å². The van der Waals surface area contributed by atoms with E-state index in [-0.39, 0.29) is 17.1 Å². The lowest BCUT2D eigenvalue weighted by molar-refractivity contribution is 0.122. The van der Waals surface area contributed by atoms with Crippen molar-refractivity contribution in [1.82, 2.24) is 0 Å². The van der Waals surface area contributed by atoms with Gasteiger partial charge in [-0.3, -0.25) is 0 Å². The average molecular weight is 269 g/mol. The molecule has 104 valence electrons. The molecule has 0 radical (unpaired) electrons. The first-order chi connectivity index (χ1) is 9.43. The minimum absolute atomic E-state index is 0.0594. The van der Waals surface area contributed by atoms with Crippen molar-refractivity contribution in [2.24, 2.45) is 11.3 Å². The molecule has 1 aliphatic rings. The number of benzene rings is 1. The van der Waals surface area contributed by atoms with E-state index >= 15 is 0 Å². The molecule has 1 aliphatic carbocycles. The molecule has 2 rings (SSSR count). The van der Waals surface area contributed by atoms with Gasteiger partial charge in [0.05, 0.1) is 17.7 Å². The van der Waals surface area contributed by atoms with Gasteiger partial charge in [-0.2, -0.15) is 5.26 Å². The summed E-state index contributed by atoms with van der Waals surface area (Å²) in [6.45, 7) is 4.02. The molecule has 0 saturated carbocycles. The maximum absolute atomic E-state index is 9.94. The Bertz CT molecular complexity index is 580. The zero-order chi connectivity index (χ0) is 14.8. The fourth-order valence-electron chi connectivity index (χ4n) is 2.70. The third kappa shape index (κ3) is 3.09. The standard InChI is InChI=1S/C17H19NO2/c1-12-9-17(2,10-14(11-18)16(12)20)8-7-13-3-5-15(19)6-4-13/h3-8,10,12,16,19-20H,9H2,1-2H3/b8-7+/t12?,16?,17-/m1/s1. The van der Waals surface area contributed by atoms with Crippen molar-refractivity contribution < 1.29 is 10.2 Å². The molecule has 20 heavy (non-hydrogen) atoms. The van der Waals surface area contributed by atoms with Crippen LogP contribution in [0.2, 0.25) is 0 Å². The second kappa shape index (κ2) is 5.52. The molecular weight excluding hydrogens is 250 g/mol. The van der Waals surface area contributed by atoms with Gasteiger partial charge in [-0.05, 0) is 30.0 Å². The van der Waals surface area contributed by atoms with Gasteiger partial charge in [-0.15, -0.1) is 0 Å². The number of hydrogen-bond acceptors (Lipinski definition) is 3. The Hall–Kier alpha value is -2.05. The first kappa shape index (κ1) is 14.4. The number of nitrogens with zero attached hydrogens (tertiary/aromatic N) is 1. The van der Waals surface area contributed by atoms with Crippen LogP contribution in [0.25, 0.3) is 6.08 Å². The van der Waals surface area contributed by atoms with Crippen LogP contribution in [0.15, 0.2) is 42.0 Å². The number of rotatable bonds is 2. The van der Waals surface area contributed by atoms with Crippen LogP contribution in [0.3, 0.4) is 0 Å². The van der Waals surface area contributed by atoms with Gasteiger partial charge in [0.25, 0.3) is 0 Å². The maximum Gasteiger partial charge on any atom is 0.115 e. The molecule has 2 unspecified atom stereocenters. The summed E-state index contributed by atoms with van der Waals surface area (Å²) in [5, 5.41) is 28.3. The minimum Gasteiger partial charge on any atom is -0.508 e. The van der Waals surface area contributed by atoms with Crippen LogP contribution in [0.4, 0.5) is 0 Å². The molecule has 3 atom stereocenters. The summed E-state index contributed by atoms with van der Waals surface area (Å²) < 4.78 is 0. The Morgan fingerprint density at radius 2 is 2.00 bits per heavy atom. The van der Waals surface area contributed by atoms with Gasteiger partial charge >= 0.3 is 0 Å². The van der Waals surface area contributed by atoms with Gasteiger partial charge in [0.15, 0.2) is 0 Å². The van der Waals surface area contributed by atoms with E-state index in [9.17, 15) is 10.2 Å². The summed E-state index contributed by atoms with van der Waals surface area (Å²) in [5.74, 6) is 0.304. The van der Waals surface area contributed by atoms with E-state index in [4.69, 9.17) is 5.26 Å². The molecule has 0 amide bonds. The van der Waals surface area contributed by atoms with Gasteiger partial charge in [-0.1, -0.05) is 44.2 Å². The molecule has 3 heteroatoms. The fourth-order valence-corrected chi connectivity index (χ4v) is 2.70. The Labute approximate surface area is 119 Å². The second-order valence-corrected chi connectivity index (χ2v) is 5.77. The summed E-state index contributed by atoms with van der Waals surface area (Å²) in [6.07, 6.45) is 6.03. The molecule has 0 aromatic heterocycles. The number of hydrogen-bond donors (Lipinski definition) is 2. The molecule has 2 N–H and O–H groups in total. The van der Waals surface area contributed by atoms with Crippen molar-refractivity contribution in [1.29, 1.82) is 5.26 Å². The number of aliphatic hydroxyl groups excluding tert-OH is 1. The molecule has 0 saturated heterocycles. The van der Waals surface area contributed by atoms with Crippen LogP contribution in [-0.2, 0) is 0 Å². The molecular formula is C17H19NO2. The number of nitriles is 1. The Morgan fingerprint density at radius 1 is 1.35 bits per heavy atom. The van der Waals surface area contributed by atoms with E-state index in [1.807, 2.05) is 31.2 Å². The highest BCUT2D eigenvalue weighted by Crippen LogP contribution is 2.38. The number of phenols is 1. The number of aromatic hydroxyl groups is 1. The van der Waals surface area contributed by atoms with Crippen molar-refractivity contribution in [3.63, 3.8) is 0 Å². The second-order valence-electron chi connectivity index (χ2n) is 5.77. The summed E-state index contributed by atoms with van der Waals surface area (Å²) in [7, 11) is 0. The molecule has 0 fully saturated rings. The summed E-state index contributed by atoms with van der Waals surface area (Å²) in [6, 6.07) is 9.06. The molecule has 1 aromatic rings. The predicted molar refractivity (Wildman–Crippen MR) is 78.7 cm³/mol. The van der Waals surface area contributed by atoms with E-state index in [1.54, 1.807) is 12.1 Å². The fraction of sp³-hybridized carbons (Fsp3) is 0.353. The molecule has 0 aliphatic heterocycles. The first-order valence-electron chi connectivity index (χ1n) is 6.73. The Balaban J connectivity index is 2.25. The zero-order valence-electron chi connectivity index (χ0n) is 11.7. The molecule has 3 nitrogen and oxygen atoms in total. The minimum atomic E-state index is -0.657. The lowest BCUT2D eigenvalue weighted by Gasteiger charge is -2.34. The van der Waals surface area contributed by atoms with Crippen molar-refractivity contribution in [3.8, 4) is 11.8 Å². The van der Waals surface area contributed by atoms with Crippen LogP contribution in [0.1, 0.15) is 25.8 Å². The third-order valence-electron chi connectivity index (χ3n) is 3.78. The highest BCUT2D eigenvalue weighted by molar-refractivity contribution is 5.52. The van der Waals surface area contributed by atoms with Crippen LogP contribution < -0.4 is 0 Å². The van der Waals surface area contributed by atoms with Crippen LogP contribution in [0.5, 0.6) is 5.75 Å². The third-order valence-corrected chi connectivity index (χ3v) is 3.78. The van der Waals surface area contributed by atoms with E-state index in [2.05, 4.69) is 19.1 Å². The summed E-state index contributed by atoms with van der Waals surface area (Å²) >= 11 is 0. The number of aliphatic hydroxyl groups is 1. The molecule has 1 aromatic carbocycles. The molecule has 0 heterocycles. The van der Waals surface area contributed by atoms with Gasteiger partial charge < -0.3 is 10.2 Å². The SMILES string of the molecule is CC1C[C@@](C)(/C=C/c2ccc(O)cc2)C=C(C#N)C1O. The van der Waals surface area contributed by atoms with E-state index in [0.717, 1.165) is 12.0 Å². The Kier molecular flexibility index (Phi) is 3.96. The van der Waals surface area contributed by atoms with Crippen LogP contribution in [0, 0.1) is 22.7 Å². The van der Waals surface area contributed by atoms with Gasteiger partial charge in [0.1, 0.15) is 5.75 Å². The van der Waals surface area contributed by atoms with Crippen molar-refractivity contribution in [2.45, 2.75) is 26.4 Å². The Morgan fingerprint density at radius 3 is 2.60 bits per heavy atom. The van der Waals surface area contributed by atoms with Crippen LogP contribution >= 0.6 is 0 Å². The lowest BCUT2D eigenvalue weighted by Crippen LogP contribution is -2.31. The van der Waals surface area contributed by atoms with Gasteiger partial charge in [0, 0.05) is 5.41 Å². The zero-order valence-corrected chi connectivity index (χ0v) is 11.7. The number of phenolic OH excluding ortho intramolecular Hbond substituents is 1. The molecule has 0 bridgehead atoms. The largest absolute Gasteiger partial charge is 0.508 e. The average Bonchev–Trinajstić information content (AvgIpc) is 2.42. The lowest BCUT2D eigenvalue weighted by atomic mass is 9.72. The topological polar surface area (TPSA) is 64.2 Å². The van der Waals surface area contributed by atoms with E-state index in [0.29, 0.717) is 5.57 Å². The maximum atomic E-state index is 9.94. The number of allylic oxidation sites excluding steroid dienone is 2. The van der Waals surface area contributed by atoms with Crippen molar-refractivity contribution in [3.05, 3.63) is 47.6 Å². The summed E-state index contributed by atoms with van der Waals surface area (Å²) in [5.41, 5.74) is 1.21. The monoisotopic (exact) mass is 269 g/mol. The normalized spacial score (nSPS) is 30.0. The quantitative estimate of drug-likeness (QED) is 0.866. The highest BCUT2D eigenvalue weighted by atomic mass is 16.3. The smallest absolute Gasteiger partial charge is 0.115 e.